The van der Waals surface area contributed by atoms with Crippen LogP contribution < -0.4 is 10.6 Å². The van der Waals surface area contributed by atoms with Crippen molar-refractivity contribution in [2.45, 2.75) is 109 Å². The molecule has 3 amide bonds. The third-order valence-corrected chi connectivity index (χ3v) is 6.51. The zero-order valence-electron chi connectivity index (χ0n) is 21.7. The van der Waals surface area contributed by atoms with Gasteiger partial charge >= 0.3 is 6.09 Å². The van der Waals surface area contributed by atoms with Crippen LogP contribution in [0.2, 0.25) is 0 Å². The second-order valence-electron chi connectivity index (χ2n) is 11.1. The minimum absolute atomic E-state index is 0.0315. The fourth-order valence-corrected chi connectivity index (χ4v) is 4.64. The first-order valence-corrected chi connectivity index (χ1v) is 12.9. The molecule has 2 fully saturated rings. The van der Waals surface area contributed by atoms with E-state index < -0.39 is 23.8 Å². The highest BCUT2D eigenvalue weighted by Crippen LogP contribution is 2.39. The van der Waals surface area contributed by atoms with Crippen molar-refractivity contribution in [2.24, 2.45) is 5.92 Å². The van der Waals surface area contributed by atoms with E-state index >= 15 is 0 Å². The molecule has 0 bridgehead atoms. The molecule has 0 aromatic heterocycles. The number of amides is 3. The van der Waals surface area contributed by atoms with Crippen LogP contribution in [-0.4, -0.2) is 51.6 Å². The van der Waals surface area contributed by atoms with Crippen molar-refractivity contribution in [2.75, 3.05) is 0 Å². The summed E-state index contributed by atoms with van der Waals surface area (Å²) in [5.74, 6) is -0.905. The molecule has 2 saturated carbocycles. The molecule has 0 spiro atoms. The molecular weight excluding hydrogens is 446 g/mol. The van der Waals surface area contributed by atoms with Crippen LogP contribution in [0.3, 0.4) is 0 Å². The average Bonchev–Trinajstić information content (AvgIpc) is 3.60. The van der Waals surface area contributed by atoms with Gasteiger partial charge in [0.05, 0.1) is 0 Å². The van der Waals surface area contributed by atoms with E-state index in [0.717, 1.165) is 44.9 Å². The van der Waals surface area contributed by atoms with Crippen molar-refractivity contribution in [3.8, 4) is 5.75 Å². The highest BCUT2D eigenvalue weighted by Gasteiger charge is 2.45. The van der Waals surface area contributed by atoms with Gasteiger partial charge in [-0.15, -0.1) is 0 Å². The lowest BCUT2D eigenvalue weighted by atomic mass is 9.94. The van der Waals surface area contributed by atoms with Crippen molar-refractivity contribution in [1.82, 2.24) is 15.5 Å². The Balaban J connectivity index is 1.93. The van der Waals surface area contributed by atoms with Crippen LogP contribution in [0, 0.1) is 5.92 Å². The molecule has 2 aliphatic rings. The Bertz CT molecular complexity index is 900. The molecule has 8 nitrogen and oxygen atoms in total. The van der Waals surface area contributed by atoms with Gasteiger partial charge in [-0.2, -0.15) is 0 Å². The monoisotopic (exact) mass is 487 g/mol. The number of para-hydroxylation sites is 1. The Hall–Kier alpha value is -2.77. The van der Waals surface area contributed by atoms with Crippen LogP contribution in [-0.2, 0) is 14.3 Å². The molecule has 0 heterocycles. The molecule has 8 heteroatoms. The Morgan fingerprint density at radius 3 is 2.20 bits per heavy atom. The summed E-state index contributed by atoms with van der Waals surface area (Å²) in [4.78, 5) is 41.8. The molecule has 2 unspecified atom stereocenters. The largest absolute Gasteiger partial charge is 0.508 e. The lowest BCUT2D eigenvalue weighted by Crippen LogP contribution is -2.56. The zero-order chi connectivity index (χ0) is 25.8. The van der Waals surface area contributed by atoms with E-state index in [2.05, 4.69) is 10.6 Å². The van der Waals surface area contributed by atoms with Crippen LogP contribution >= 0.6 is 0 Å². The van der Waals surface area contributed by atoms with E-state index in [-0.39, 0.29) is 35.6 Å². The molecule has 3 rings (SSSR count). The van der Waals surface area contributed by atoms with Crippen molar-refractivity contribution in [1.29, 1.82) is 0 Å². The van der Waals surface area contributed by atoms with Gasteiger partial charge in [0.15, 0.2) is 0 Å². The van der Waals surface area contributed by atoms with E-state index in [1.54, 1.807) is 43.9 Å². The molecule has 1 aromatic carbocycles. The summed E-state index contributed by atoms with van der Waals surface area (Å²) >= 11 is 0. The quantitative estimate of drug-likeness (QED) is 0.503. The molecule has 2 atom stereocenters. The van der Waals surface area contributed by atoms with Gasteiger partial charge < -0.3 is 25.4 Å². The maximum absolute atomic E-state index is 14.0. The summed E-state index contributed by atoms with van der Waals surface area (Å²) in [7, 11) is 0. The minimum Gasteiger partial charge on any atom is -0.508 e. The predicted molar refractivity (Wildman–Crippen MR) is 134 cm³/mol. The molecule has 0 saturated heterocycles. The Kier molecular flexibility index (Phi) is 8.67. The highest BCUT2D eigenvalue weighted by atomic mass is 16.6. The molecule has 194 valence electrons. The number of carbonyl (C=O) groups excluding carboxylic acids is 3. The maximum Gasteiger partial charge on any atom is 0.408 e. The third kappa shape index (κ3) is 7.36. The predicted octanol–water partition coefficient (Wildman–Crippen LogP) is 4.42. The number of nitrogens with one attached hydrogen (secondary N) is 2. The number of phenols is 1. The van der Waals surface area contributed by atoms with Crippen LogP contribution in [0.15, 0.2) is 24.3 Å². The number of benzene rings is 1. The summed E-state index contributed by atoms with van der Waals surface area (Å²) in [5.41, 5.74) is -0.316. The fourth-order valence-electron chi connectivity index (χ4n) is 4.64. The van der Waals surface area contributed by atoms with Gasteiger partial charge in [-0.25, -0.2) is 4.79 Å². The standard InChI is InChI=1S/C27H41N3O5/c1-17(2)22(29-26(34)35-27(3,4)5)25(33)30(19-15-16-19)23(20-13-9-10-14-21(20)31)24(32)28-18-11-7-6-8-12-18/h9-10,13-14,17-19,22-23,31H,6-8,11-12,15-16H2,1-5H3,(H,28,32)(H,29,34). The van der Waals surface area contributed by atoms with Gasteiger partial charge in [0.2, 0.25) is 11.8 Å². The number of carbonyl (C=O) groups is 3. The molecule has 1 aromatic rings. The second-order valence-corrected chi connectivity index (χ2v) is 11.1. The van der Waals surface area contributed by atoms with Crippen LogP contribution in [0.4, 0.5) is 4.79 Å². The topological polar surface area (TPSA) is 108 Å². The van der Waals surface area contributed by atoms with E-state index in [1.807, 2.05) is 13.8 Å². The van der Waals surface area contributed by atoms with E-state index in [0.29, 0.717) is 5.56 Å². The number of rotatable bonds is 8. The Morgan fingerprint density at radius 1 is 1.03 bits per heavy atom. The first kappa shape index (κ1) is 26.8. The number of hydrogen-bond donors (Lipinski definition) is 3. The van der Waals surface area contributed by atoms with Gasteiger partial charge in [-0.05, 0) is 58.4 Å². The van der Waals surface area contributed by atoms with Crippen molar-refractivity contribution >= 4 is 17.9 Å². The number of nitrogens with zero attached hydrogens (tertiary/aromatic N) is 1. The molecular formula is C27H41N3O5. The lowest BCUT2D eigenvalue weighted by molar-refractivity contribution is -0.144. The number of hydrogen-bond acceptors (Lipinski definition) is 5. The van der Waals surface area contributed by atoms with Crippen LogP contribution in [0.1, 0.15) is 91.2 Å². The van der Waals surface area contributed by atoms with Gasteiger partial charge in [0, 0.05) is 17.6 Å². The normalized spacial score (nSPS) is 18.5. The molecule has 35 heavy (non-hydrogen) atoms. The van der Waals surface area contributed by atoms with Gasteiger partial charge in [-0.3, -0.25) is 9.59 Å². The summed E-state index contributed by atoms with van der Waals surface area (Å²) in [5, 5.41) is 16.6. The zero-order valence-corrected chi connectivity index (χ0v) is 21.7. The molecule has 0 radical (unpaired) electrons. The summed E-state index contributed by atoms with van der Waals surface area (Å²) in [6, 6.07) is 4.73. The number of phenolic OH excluding ortho intramolecular Hbond substituents is 1. The minimum atomic E-state index is -0.986. The third-order valence-electron chi connectivity index (χ3n) is 6.51. The molecule has 2 aliphatic carbocycles. The fraction of sp³-hybridized carbons (Fsp3) is 0.667. The number of aromatic hydroxyl groups is 1. The van der Waals surface area contributed by atoms with Gasteiger partial charge in [-0.1, -0.05) is 51.3 Å². The number of alkyl carbamates (subject to hydrolysis) is 1. The van der Waals surface area contributed by atoms with Crippen molar-refractivity contribution in [3.05, 3.63) is 29.8 Å². The summed E-state index contributed by atoms with van der Waals surface area (Å²) < 4.78 is 5.40. The smallest absolute Gasteiger partial charge is 0.408 e. The van der Waals surface area contributed by atoms with Gasteiger partial charge in [0.25, 0.3) is 0 Å². The van der Waals surface area contributed by atoms with E-state index in [1.165, 1.54) is 6.07 Å². The maximum atomic E-state index is 14.0. The van der Waals surface area contributed by atoms with Crippen molar-refractivity contribution < 1.29 is 24.2 Å². The van der Waals surface area contributed by atoms with Crippen molar-refractivity contribution in [3.63, 3.8) is 0 Å². The molecule has 3 N–H and O–H groups in total. The van der Waals surface area contributed by atoms with Gasteiger partial charge in [0.1, 0.15) is 23.4 Å². The number of ether oxygens (including phenoxy) is 1. The highest BCUT2D eigenvalue weighted by molar-refractivity contribution is 5.93. The Morgan fingerprint density at radius 2 is 1.66 bits per heavy atom. The van der Waals surface area contributed by atoms with Crippen LogP contribution in [0.5, 0.6) is 5.75 Å². The average molecular weight is 488 g/mol. The Labute approximate surface area is 208 Å². The summed E-state index contributed by atoms with van der Waals surface area (Å²) in [6.07, 6.45) is 5.96. The first-order valence-electron chi connectivity index (χ1n) is 12.9. The van der Waals surface area contributed by atoms with E-state index in [9.17, 15) is 19.5 Å². The van der Waals surface area contributed by atoms with Crippen LogP contribution in [0.25, 0.3) is 0 Å². The van der Waals surface area contributed by atoms with E-state index in [4.69, 9.17) is 4.74 Å². The second kappa shape index (κ2) is 11.3. The molecule has 0 aliphatic heterocycles. The summed E-state index contributed by atoms with van der Waals surface area (Å²) in [6.45, 7) is 8.99. The first-order chi connectivity index (χ1) is 16.5. The lowest BCUT2D eigenvalue weighted by Gasteiger charge is -2.37. The SMILES string of the molecule is CC(C)C(NC(=O)OC(C)(C)C)C(=O)N(C1CC1)C(C(=O)NC1CCCCC1)c1ccccc1O.